The van der Waals surface area contributed by atoms with Crippen molar-refractivity contribution in [3.8, 4) is 0 Å². The largest absolute Gasteiger partial charge is 0.461 e. The van der Waals surface area contributed by atoms with E-state index in [-0.39, 0.29) is 25.0 Å². The second kappa shape index (κ2) is 6.37. The first kappa shape index (κ1) is 12.9. The van der Waals surface area contributed by atoms with E-state index in [1.54, 1.807) is 13.8 Å². The van der Waals surface area contributed by atoms with Crippen molar-refractivity contribution in [1.29, 1.82) is 0 Å². The molecular weight excluding hydrogens is 186 g/mol. The van der Waals surface area contributed by atoms with Gasteiger partial charge in [-0.1, -0.05) is 0 Å². The summed E-state index contributed by atoms with van der Waals surface area (Å²) in [5, 5.41) is 11.1. The molecule has 2 N–H and O–H groups in total. The van der Waals surface area contributed by atoms with Gasteiger partial charge in [-0.25, -0.2) is 4.79 Å². The molecule has 0 fully saturated rings. The molecule has 0 aromatic heterocycles. The Balaban J connectivity index is 4.17. The Labute approximate surface area is 83.4 Å². The summed E-state index contributed by atoms with van der Waals surface area (Å²) in [5.41, 5.74) is 0. The maximum absolute atomic E-state index is 11.3. The van der Waals surface area contributed by atoms with E-state index in [0.29, 0.717) is 0 Å². The summed E-state index contributed by atoms with van der Waals surface area (Å²) < 4.78 is 4.90. The monoisotopic (exact) mass is 203 g/mol. The highest BCUT2D eigenvalue weighted by molar-refractivity contribution is 5.83. The summed E-state index contributed by atoms with van der Waals surface area (Å²) in [6.07, 6.45) is -0.0528. The van der Waals surface area contributed by atoms with E-state index in [1.807, 2.05) is 0 Å². The Morgan fingerprint density at radius 3 is 2.36 bits per heavy atom. The van der Waals surface area contributed by atoms with Gasteiger partial charge in [-0.15, -0.1) is 0 Å². The van der Waals surface area contributed by atoms with E-state index in [0.717, 1.165) is 0 Å². The van der Waals surface area contributed by atoms with Gasteiger partial charge < -0.3 is 15.2 Å². The van der Waals surface area contributed by atoms with Crippen LogP contribution in [0.25, 0.3) is 0 Å². The number of aliphatic hydroxyl groups excluding tert-OH is 1. The van der Waals surface area contributed by atoms with Crippen LogP contribution in [-0.2, 0) is 14.3 Å². The normalized spacial score (nSPS) is 12.4. The van der Waals surface area contributed by atoms with E-state index in [4.69, 9.17) is 9.84 Å². The van der Waals surface area contributed by atoms with Gasteiger partial charge in [0.2, 0.25) is 5.91 Å². The molecule has 0 aromatic carbocycles. The van der Waals surface area contributed by atoms with Crippen molar-refractivity contribution in [2.75, 3.05) is 6.61 Å². The highest BCUT2D eigenvalue weighted by Crippen LogP contribution is 1.98. The molecule has 82 valence electrons. The average Bonchev–Trinajstić information content (AvgIpc) is 2.01. The van der Waals surface area contributed by atoms with Gasteiger partial charge in [-0.05, 0) is 13.8 Å². The van der Waals surface area contributed by atoms with Gasteiger partial charge in [0.25, 0.3) is 0 Å². The van der Waals surface area contributed by atoms with E-state index in [9.17, 15) is 9.59 Å². The van der Waals surface area contributed by atoms with E-state index >= 15 is 0 Å². The fourth-order valence-electron chi connectivity index (χ4n) is 0.938. The number of amides is 1. The van der Waals surface area contributed by atoms with Crippen LogP contribution >= 0.6 is 0 Å². The first-order chi connectivity index (χ1) is 6.47. The Hall–Kier alpha value is -1.10. The highest BCUT2D eigenvalue weighted by Gasteiger charge is 2.20. The fourth-order valence-corrected chi connectivity index (χ4v) is 0.938. The van der Waals surface area contributed by atoms with E-state index < -0.39 is 12.0 Å². The molecule has 0 heterocycles. The number of carbonyl (C=O) groups excluding carboxylic acids is 2. The Morgan fingerprint density at radius 1 is 1.43 bits per heavy atom. The summed E-state index contributed by atoms with van der Waals surface area (Å²) in [6, 6.07) is -0.750. The molecule has 0 saturated heterocycles. The molecule has 1 unspecified atom stereocenters. The third kappa shape index (κ3) is 5.53. The Kier molecular flexibility index (Phi) is 5.87. The van der Waals surface area contributed by atoms with Crippen molar-refractivity contribution in [2.24, 2.45) is 0 Å². The molecule has 0 aliphatic carbocycles. The third-order valence-corrected chi connectivity index (χ3v) is 1.43. The average molecular weight is 203 g/mol. The number of rotatable bonds is 5. The summed E-state index contributed by atoms with van der Waals surface area (Å²) in [4.78, 5) is 22.0. The predicted octanol–water partition coefficient (Wildman–Crippen LogP) is -0.175. The quantitative estimate of drug-likeness (QED) is 0.608. The molecule has 0 spiro atoms. The molecule has 0 aromatic rings. The number of esters is 1. The number of hydrogen-bond donors (Lipinski definition) is 2. The topological polar surface area (TPSA) is 75.6 Å². The summed E-state index contributed by atoms with van der Waals surface area (Å²) in [7, 11) is 0. The molecule has 5 heteroatoms. The lowest BCUT2D eigenvalue weighted by molar-refractivity contribution is -0.151. The molecule has 1 atom stereocenters. The minimum absolute atomic E-state index is 0.169. The van der Waals surface area contributed by atoms with Crippen LogP contribution in [-0.4, -0.2) is 35.7 Å². The first-order valence-electron chi connectivity index (χ1n) is 4.55. The van der Waals surface area contributed by atoms with Gasteiger partial charge in [-0.2, -0.15) is 0 Å². The Morgan fingerprint density at radius 2 is 2.00 bits per heavy atom. The number of carbonyl (C=O) groups is 2. The summed E-state index contributed by atoms with van der Waals surface area (Å²) in [6.45, 7) is 4.59. The Bertz CT molecular complexity index is 203. The highest BCUT2D eigenvalue weighted by atomic mass is 16.5. The molecule has 5 nitrogen and oxygen atoms in total. The molecule has 0 aliphatic rings. The predicted molar refractivity (Wildman–Crippen MR) is 50.5 cm³/mol. The molecule has 0 saturated carbocycles. The van der Waals surface area contributed by atoms with E-state index in [1.165, 1.54) is 6.92 Å². The van der Waals surface area contributed by atoms with Gasteiger partial charge >= 0.3 is 5.97 Å². The van der Waals surface area contributed by atoms with Crippen molar-refractivity contribution in [2.45, 2.75) is 39.3 Å². The van der Waals surface area contributed by atoms with Crippen molar-refractivity contribution in [3.63, 3.8) is 0 Å². The zero-order valence-electron chi connectivity index (χ0n) is 8.74. The van der Waals surface area contributed by atoms with Gasteiger partial charge in [0, 0.05) is 20.0 Å². The second-order valence-electron chi connectivity index (χ2n) is 3.25. The maximum Gasteiger partial charge on any atom is 0.328 e. The van der Waals surface area contributed by atoms with Gasteiger partial charge in [0.05, 0.1) is 6.10 Å². The zero-order valence-corrected chi connectivity index (χ0v) is 8.74. The van der Waals surface area contributed by atoms with Crippen LogP contribution in [0.3, 0.4) is 0 Å². The lowest BCUT2D eigenvalue weighted by Crippen LogP contribution is -2.42. The maximum atomic E-state index is 11.3. The molecule has 0 rings (SSSR count). The fraction of sp³-hybridized carbons (Fsp3) is 0.778. The van der Waals surface area contributed by atoms with Crippen LogP contribution in [0.1, 0.15) is 27.2 Å². The molecule has 0 radical (unpaired) electrons. The molecule has 0 bridgehead atoms. The SMILES string of the molecule is CC(=O)NC(CCO)C(=O)OC(C)C. The molecule has 1 amide bonds. The third-order valence-electron chi connectivity index (χ3n) is 1.43. The standard InChI is InChI=1S/C9H17NO4/c1-6(2)14-9(13)8(4-5-11)10-7(3)12/h6,8,11H,4-5H2,1-3H3,(H,10,12). The molecule has 14 heavy (non-hydrogen) atoms. The molecular formula is C9H17NO4. The second-order valence-corrected chi connectivity index (χ2v) is 3.25. The van der Waals surface area contributed by atoms with Crippen LogP contribution in [0.5, 0.6) is 0 Å². The smallest absolute Gasteiger partial charge is 0.328 e. The summed E-state index contributed by atoms with van der Waals surface area (Å²) in [5.74, 6) is -0.826. The molecule has 0 aliphatic heterocycles. The number of nitrogens with one attached hydrogen (secondary N) is 1. The van der Waals surface area contributed by atoms with Crippen LogP contribution < -0.4 is 5.32 Å². The zero-order chi connectivity index (χ0) is 11.1. The van der Waals surface area contributed by atoms with Crippen molar-refractivity contribution < 1.29 is 19.4 Å². The van der Waals surface area contributed by atoms with Crippen molar-refractivity contribution in [1.82, 2.24) is 5.32 Å². The van der Waals surface area contributed by atoms with Crippen LogP contribution in [0.4, 0.5) is 0 Å². The lowest BCUT2D eigenvalue weighted by atomic mass is 10.2. The number of hydrogen-bond acceptors (Lipinski definition) is 4. The minimum atomic E-state index is -0.750. The van der Waals surface area contributed by atoms with Gasteiger partial charge in [-0.3, -0.25) is 4.79 Å². The lowest BCUT2D eigenvalue weighted by Gasteiger charge is -2.17. The van der Waals surface area contributed by atoms with Gasteiger partial charge in [0.1, 0.15) is 6.04 Å². The minimum Gasteiger partial charge on any atom is -0.461 e. The van der Waals surface area contributed by atoms with Crippen LogP contribution in [0.2, 0.25) is 0 Å². The van der Waals surface area contributed by atoms with E-state index in [2.05, 4.69) is 5.32 Å². The van der Waals surface area contributed by atoms with Crippen LogP contribution in [0, 0.1) is 0 Å². The van der Waals surface area contributed by atoms with Gasteiger partial charge in [0.15, 0.2) is 0 Å². The van der Waals surface area contributed by atoms with Crippen LogP contribution in [0.15, 0.2) is 0 Å². The van der Waals surface area contributed by atoms with Crippen molar-refractivity contribution in [3.05, 3.63) is 0 Å². The summed E-state index contributed by atoms with van der Waals surface area (Å²) >= 11 is 0. The first-order valence-corrected chi connectivity index (χ1v) is 4.55. The number of ether oxygens (including phenoxy) is 1. The number of aliphatic hydroxyl groups is 1. The van der Waals surface area contributed by atoms with Crippen molar-refractivity contribution >= 4 is 11.9 Å².